The number of nitrogens with one attached hydrogen (secondary N) is 2. The molecule has 3 N–H and O–H groups in total. The molecule has 4 heterocycles. The largest absolute Gasteiger partial charge is 0.470 e. The van der Waals surface area contributed by atoms with E-state index in [-0.39, 0.29) is 12.1 Å². The van der Waals surface area contributed by atoms with Crippen LogP contribution in [0.4, 0.5) is 29.3 Å². The zero-order valence-corrected chi connectivity index (χ0v) is 20.8. The number of aryl methyl sites for hydroxylation is 1. The van der Waals surface area contributed by atoms with Crippen molar-refractivity contribution in [3.63, 3.8) is 0 Å². The summed E-state index contributed by atoms with van der Waals surface area (Å²) in [6.45, 7) is 1.21. The number of halogens is 3. The number of nitrogens with zero attached hydrogens (tertiary/aromatic N) is 5. The fourth-order valence-corrected chi connectivity index (χ4v) is 4.70. The van der Waals surface area contributed by atoms with E-state index in [0.717, 1.165) is 16.7 Å². The summed E-state index contributed by atoms with van der Waals surface area (Å²) >= 11 is 0. The lowest BCUT2D eigenvalue weighted by Gasteiger charge is -2.37. The second-order valence-electron chi connectivity index (χ2n) is 9.73. The third-order valence-electron chi connectivity index (χ3n) is 7.26. The smallest absolute Gasteiger partial charge is 0.417 e. The lowest BCUT2D eigenvalue weighted by atomic mass is 9.92. The van der Waals surface area contributed by atoms with Crippen LogP contribution in [-0.2, 0) is 13.2 Å². The van der Waals surface area contributed by atoms with Crippen LogP contribution in [0.1, 0.15) is 31.2 Å². The number of hydrogen-bond donors (Lipinski definition) is 3. The normalized spacial score (nSPS) is 20.3. The van der Waals surface area contributed by atoms with Crippen LogP contribution in [0.25, 0.3) is 11.0 Å². The summed E-state index contributed by atoms with van der Waals surface area (Å²) in [5.74, 6) is 0.394. The number of amides is 2. The van der Waals surface area contributed by atoms with Crippen LogP contribution in [-0.4, -0.2) is 74.2 Å². The number of aliphatic hydroxyl groups is 1. The number of rotatable bonds is 5. The molecule has 3 aromatic rings. The minimum absolute atomic E-state index is 0.175. The molecule has 0 bridgehead atoms. The fourth-order valence-electron chi connectivity index (χ4n) is 4.70. The highest BCUT2D eigenvalue weighted by molar-refractivity contribution is 5.89. The zero-order valence-electron chi connectivity index (χ0n) is 20.8. The van der Waals surface area contributed by atoms with Crippen LogP contribution in [0.3, 0.4) is 0 Å². The third-order valence-corrected chi connectivity index (χ3v) is 7.26. The molecule has 1 aliphatic heterocycles. The van der Waals surface area contributed by atoms with Crippen molar-refractivity contribution < 1.29 is 27.8 Å². The van der Waals surface area contributed by atoms with E-state index in [1.165, 1.54) is 11.9 Å². The Kier molecular flexibility index (Phi) is 6.67. The molecule has 1 aliphatic carbocycles. The number of ether oxygens (including phenoxy) is 1. The number of pyridine rings is 2. The van der Waals surface area contributed by atoms with Gasteiger partial charge >= 0.3 is 12.2 Å². The maximum Gasteiger partial charge on any atom is 0.417 e. The first-order chi connectivity index (χ1) is 18.0. The summed E-state index contributed by atoms with van der Waals surface area (Å²) < 4.78 is 46.1. The van der Waals surface area contributed by atoms with Crippen LogP contribution in [0.2, 0.25) is 0 Å². The number of urea groups is 1. The Morgan fingerprint density at radius 3 is 2.61 bits per heavy atom. The zero-order chi connectivity index (χ0) is 27.2. The van der Waals surface area contributed by atoms with Gasteiger partial charge in [-0.25, -0.2) is 9.78 Å². The average molecular weight is 536 g/mol. The molecule has 3 aromatic heterocycles. The second kappa shape index (κ2) is 9.82. The second-order valence-corrected chi connectivity index (χ2v) is 9.73. The van der Waals surface area contributed by atoms with E-state index in [1.54, 1.807) is 13.2 Å². The summed E-state index contributed by atoms with van der Waals surface area (Å²) in [7, 11) is 2.76. The Morgan fingerprint density at radius 1 is 1.24 bits per heavy atom. The molecule has 1 saturated carbocycles. The molecule has 2 amide bonds. The van der Waals surface area contributed by atoms with Crippen molar-refractivity contribution in [2.45, 2.75) is 50.1 Å². The molecule has 0 radical (unpaired) electrons. The van der Waals surface area contributed by atoms with Crippen molar-refractivity contribution in [1.82, 2.24) is 24.6 Å². The van der Waals surface area contributed by atoms with Gasteiger partial charge in [0, 0.05) is 39.4 Å². The Balaban J connectivity index is 1.22. The van der Waals surface area contributed by atoms with Crippen molar-refractivity contribution in [3.05, 3.63) is 40.4 Å². The standard InChI is InChI=1S/C24H28F3N7O4/c1-32-12-13(24(25,26)27)9-17(22(32)36)29-23(37)33(2)14-5-7-34(8-6-14)15-10-16-20(28-11-15)30-31-21(16)38-19-4-3-18(19)35/h9-12,14,18-19,35H,3-8H2,1-2H3,(H,29,37)(H,28,30,31)/t18-,19-/m1/s1. The van der Waals surface area contributed by atoms with Gasteiger partial charge in [-0.3, -0.25) is 9.89 Å². The van der Waals surface area contributed by atoms with Gasteiger partial charge in [0.1, 0.15) is 11.8 Å². The van der Waals surface area contributed by atoms with Gasteiger partial charge in [-0.2, -0.15) is 13.2 Å². The molecule has 11 nitrogen and oxygen atoms in total. The van der Waals surface area contributed by atoms with E-state index in [2.05, 4.69) is 25.4 Å². The average Bonchev–Trinajstić information content (AvgIpc) is 3.29. The Morgan fingerprint density at radius 2 is 1.97 bits per heavy atom. The van der Waals surface area contributed by atoms with E-state index < -0.39 is 35.1 Å². The maximum atomic E-state index is 13.2. The van der Waals surface area contributed by atoms with Crippen molar-refractivity contribution in [3.8, 4) is 5.88 Å². The van der Waals surface area contributed by atoms with Gasteiger partial charge in [0.25, 0.3) is 5.56 Å². The predicted molar refractivity (Wildman–Crippen MR) is 132 cm³/mol. The summed E-state index contributed by atoms with van der Waals surface area (Å²) in [5, 5.41) is 19.9. The van der Waals surface area contributed by atoms with Crippen molar-refractivity contribution in [2.75, 3.05) is 30.4 Å². The summed E-state index contributed by atoms with van der Waals surface area (Å²) in [5.41, 5.74) is -0.748. The molecule has 38 heavy (non-hydrogen) atoms. The van der Waals surface area contributed by atoms with Crippen LogP contribution in [0.15, 0.2) is 29.3 Å². The topological polar surface area (TPSA) is 129 Å². The van der Waals surface area contributed by atoms with E-state index in [0.29, 0.717) is 61.5 Å². The molecule has 204 valence electrons. The first-order valence-electron chi connectivity index (χ1n) is 12.3. The highest BCUT2D eigenvalue weighted by Crippen LogP contribution is 2.32. The maximum absolute atomic E-state index is 13.2. The Hall–Kier alpha value is -3.81. The first kappa shape index (κ1) is 25.8. The van der Waals surface area contributed by atoms with Gasteiger partial charge < -0.3 is 29.5 Å². The number of aromatic amines is 1. The van der Waals surface area contributed by atoms with Gasteiger partial charge in [-0.1, -0.05) is 0 Å². The molecule has 14 heteroatoms. The number of piperidine rings is 1. The van der Waals surface area contributed by atoms with E-state index in [9.17, 15) is 27.9 Å². The van der Waals surface area contributed by atoms with Crippen molar-refractivity contribution >= 4 is 28.4 Å². The quantitative estimate of drug-likeness (QED) is 0.458. The number of fused-ring (bicyclic) bond motifs is 1. The first-order valence-corrected chi connectivity index (χ1v) is 12.3. The van der Waals surface area contributed by atoms with Crippen LogP contribution in [0.5, 0.6) is 5.88 Å². The number of aromatic nitrogens is 4. The SMILES string of the molecule is CN(C(=O)Nc1cc(C(F)(F)F)cn(C)c1=O)C1CCN(c2cnc3[nH]nc(O[C@@H]4CC[C@H]4O)c3c2)CC1. The summed E-state index contributed by atoms with van der Waals surface area (Å²) in [4.78, 5) is 33.1. The molecule has 2 fully saturated rings. The van der Waals surface area contributed by atoms with Crippen LogP contribution in [0, 0.1) is 0 Å². The van der Waals surface area contributed by atoms with Crippen LogP contribution >= 0.6 is 0 Å². The summed E-state index contributed by atoms with van der Waals surface area (Å²) in [6.07, 6.45) is -0.336. The number of carbonyl (C=O) groups is 1. The summed E-state index contributed by atoms with van der Waals surface area (Å²) in [6, 6.07) is 1.75. The molecule has 0 spiro atoms. The Labute approximate surface area is 215 Å². The third kappa shape index (κ3) is 4.99. The predicted octanol–water partition coefficient (Wildman–Crippen LogP) is 2.71. The number of anilines is 2. The molecule has 0 unspecified atom stereocenters. The van der Waals surface area contributed by atoms with Crippen LogP contribution < -0.4 is 20.5 Å². The minimum Gasteiger partial charge on any atom is -0.470 e. The minimum atomic E-state index is -4.65. The van der Waals surface area contributed by atoms with E-state index in [4.69, 9.17) is 4.74 Å². The lowest BCUT2D eigenvalue weighted by Crippen LogP contribution is -2.47. The van der Waals surface area contributed by atoms with Gasteiger partial charge in [0.15, 0.2) is 5.65 Å². The molecule has 2 aliphatic rings. The lowest BCUT2D eigenvalue weighted by molar-refractivity contribution is -0.138. The van der Waals surface area contributed by atoms with Gasteiger partial charge in [-0.15, -0.1) is 5.10 Å². The monoisotopic (exact) mass is 535 g/mol. The van der Waals surface area contributed by atoms with Gasteiger partial charge in [0.05, 0.1) is 28.9 Å². The highest BCUT2D eigenvalue weighted by Gasteiger charge is 2.34. The van der Waals surface area contributed by atoms with Gasteiger partial charge in [-0.05, 0) is 37.8 Å². The molecular formula is C24H28F3N7O4. The number of carbonyl (C=O) groups excluding carboxylic acids is 1. The van der Waals surface area contributed by atoms with Crippen molar-refractivity contribution in [1.29, 1.82) is 0 Å². The number of alkyl halides is 3. The molecular weight excluding hydrogens is 507 g/mol. The van der Waals surface area contributed by atoms with E-state index >= 15 is 0 Å². The van der Waals surface area contributed by atoms with Gasteiger partial charge in [0.2, 0.25) is 5.88 Å². The molecule has 5 rings (SSSR count). The highest BCUT2D eigenvalue weighted by atomic mass is 19.4. The molecule has 0 aromatic carbocycles. The van der Waals surface area contributed by atoms with E-state index in [1.807, 2.05) is 6.07 Å². The Bertz CT molecular complexity index is 1400. The van der Waals surface area contributed by atoms with Crippen molar-refractivity contribution in [2.24, 2.45) is 7.05 Å². The molecule has 2 atom stereocenters. The number of hydrogen-bond acceptors (Lipinski definition) is 7. The fraction of sp³-hybridized carbons (Fsp3) is 0.500. The number of H-pyrrole nitrogens is 1. The number of aliphatic hydroxyl groups excluding tert-OH is 1. The molecule has 1 saturated heterocycles.